The highest BCUT2D eigenvalue weighted by molar-refractivity contribution is 5.83. The summed E-state index contributed by atoms with van der Waals surface area (Å²) in [6, 6.07) is 12.2. The maximum atomic E-state index is 13.1. The summed E-state index contributed by atoms with van der Waals surface area (Å²) in [5, 5.41) is 8.41. The molecule has 0 aliphatic rings. The molecule has 2 aromatic carbocycles. The van der Waals surface area contributed by atoms with Gasteiger partial charge in [-0.25, -0.2) is 9.07 Å². The van der Waals surface area contributed by atoms with Crippen LogP contribution in [0.1, 0.15) is 39.2 Å². The molecule has 1 aromatic heterocycles. The lowest BCUT2D eigenvalue weighted by atomic mass is 9.87. The third kappa shape index (κ3) is 3.77. The summed E-state index contributed by atoms with van der Waals surface area (Å²) in [5.41, 5.74) is 2.42. The molecule has 0 saturated carbocycles. The number of carbonyl (C=O) groups excluding carboxylic acids is 1. The molecule has 0 aliphatic heterocycles. The molecule has 1 amide bonds. The van der Waals surface area contributed by atoms with Crippen molar-refractivity contribution < 1.29 is 9.18 Å². The normalized spacial score (nSPS) is 11.7. The quantitative estimate of drug-likeness (QED) is 0.703. The van der Waals surface area contributed by atoms with Crippen LogP contribution < -0.4 is 5.32 Å². The van der Waals surface area contributed by atoms with Gasteiger partial charge in [0.25, 0.3) is 0 Å². The van der Waals surface area contributed by atoms with Crippen LogP contribution in [0.15, 0.2) is 48.7 Å². The minimum Gasteiger partial charge on any atom is -0.352 e. The number of halogens is 1. The molecular formula is C21H24FN3O. The maximum absolute atomic E-state index is 13.1. The number of nitrogens with one attached hydrogen (secondary N) is 1. The second-order valence-corrected chi connectivity index (χ2v) is 7.24. The monoisotopic (exact) mass is 353 g/mol. The van der Waals surface area contributed by atoms with Gasteiger partial charge in [-0.3, -0.25) is 4.79 Å². The molecule has 0 unspecified atom stereocenters. The van der Waals surface area contributed by atoms with Gasteiger partial charge in [-0.2, -0.15) is 5.10 Å². The Labute approximate surface area is 153 Å². The standard InChI is InChI=1S/C21H24FN3O/c1-4-11-21(2,3)20(26)23-13-15-5-10-19-16(12-15)14-24-25(19)18-8-6-17(22)7-9-18/h5-10,12,14H,4,11,13H2,1-3H3,(H,23,26). The van der Waals surface area contributed by atoms with Crippen LogP contribution in [-0.2, 0) is 11.3 Å². The van der Waals surface area contributed by atoms with Crippen molar-refractivity contribution in [3.63, 3.8) is 0 Å². The van der Waals surface area contributed by atoms with Crippen LogP contribution in [-0.4, -0.2) is 15.7 Å². The molecule has 1 heterocycles. The SMILES string of the molecule is CCCC(C)(C)C(=O)NCc1ccc2c(cnn2-c2ccc(F)cc2)c1. The van der Waals surface area contributed by atoms with Crippen molar-refractivity contribution >= 4 is 16.8 Å². The molecule has 3 aromatic rings. The summed E-state index contributed by atoms with van der Waals surface area (Å²) in [5.74, 6) is -0.198. The van der Waals surface area contributed by atoms with Gasteiger partial charge in [0.05, 0.1) is 17.4 Å². The van der Waals surface area contributed by atoms with Gasteiger partial charge in [0.15, 0.2) is 0 Å². The summed E-state index contributed by atoms with van der Waals surface area (Å²) in [6.45, 7) is 6.52. The third-order valence-corrected chi connectivity index (χ3v) is 4.65. The average Bonchev–Trinajstić information content (AvgIpc) is 3.03. The predicted molar refractivity (Wildman–Crippen MR) is 102 cm³/mol. The van der Waals surface area contributed by atoms with Crippen LogP contribution in [0.25, 0.3) is 16.6 Å². The fraction of sp³-hybridized carbons (Fsp3) is 0.333. The van der Waals surface area contributed by atoms with Gasteiger partial charge in [-0.05, 0) is 48.4 Å². The number of hydrogen-bond acceptors (Lipinski definition) is 2. The van der Waals surface area contributed by atoms with E-state index in [0.29, 0.717) is 6.54 Å². The Morgan fingerprint density at radius 2 is 1.92 bits per heavy atom. The zero-order valence-corrected chi connectivity index (χ0v) is 15.4. The van der Waals surface area contributed by atoms with E-state index in [1.165, 1.54) is 12.1 Å². The minimum atomic E-state index is -0.355. The third-order valence-electron chi connectivity index (χ3n) is 4.65. The zero-order valence-electron chi connectivity index (χ0n) is 15.4. The van der Waals surface area contributed by atoms with Gasteiger partial charge in [0.1, 0.15) is 5.82 Å². The molecule has 0 atom stereocenters. The first-order valence-electron chi connectivity index (χ1n) is 8.91. The molecule has 26 heavy (non-hydrogen) atoms. The van der Waals surface area contributed by atoms with Crippen LogP contribution in [0.4, 0.5) is 4.39 Å². The van der Waals surface area contributed by atoms with Crippen molar-refractivity contribution in [2.75, 3.05) is 0 Å². The number of carbonyl (C=O) groups is 1. The van der Waals surface area contributed by atoms with Crippen molar-refractivity contribution in [1.82, 2.24) is 15.1 Å². The lowest BCUT2D eigenvalue weighted by Crippen LogP contribution is -2.36. The van der Waals surface area contributed by atoms with Crippen molar-refractivity contribution in [3.05, 3.63) is 60.0 Å². The van der Waals surface area contributed by atoms with Crippen LogP contribution in [0.5, 0.6) is 0 Å². The summed E-state index contributed by atoms with van der Waals surface area (Å²) in [7, 11) is 0. The first-order valence-corrected chi connectivity index (χ1v) is 8.91. The van der Waals surface area contributed by atoms with E-state index in [1.54, 1.807) is 23.0 Å². The molecule has 0 fully saturated rings. The molecule has 0 saturated heterocycles. The van der Waals surface area contributed by atoms with E-state index in [1.807, 2.05) is 32.0 Å². The van der Waals surface area contributed by atoms with E-state index in [-0.39, 0.29) is 17.1 Å². The van der Waals surface area contributed by atoms with E-state index in [9.17, 15) is 9.18 Å². The van der Waals surface area contributed by atoms with Gasteiger partial charge < -0.3 is 5.32 Å². The predicted octanol–water partition coefficient (Wildman–Crippen LogP) is 4.61. The summed E-state index contributed by atoms with van der Waals surface area (Å²) < 4.78 is 14.9. The topological polar surface area (TPSA) is 46.9 Å². The lowest BCUT2D eigenvalue weighted by Gasteiger charge is -2.22. The molecule has 0 bridgehead atoms. The highest BCUT2D eigenvalue weighted by atomic mass is 19.1. The van der Waals surface area contributed by atoms with E-state index >= 15 is 0 Å². The van der Waals surface area contributed by atoms with Crippen molar-refractivity contribution in [1.29, 1.82) is 0 Å². The number of rotatable bonds is 6. The van der Waals surface area contributed by atoms with E-state index in [4.69, 9.17) is 0 Å². The fourth-order valence-electron chi connectivity index (χ4n) is 3.14. The molecule has 1 N–H and O–H groups in total. The van der Waals surface area contributed by atoms with E-state index < -0.39 is 0 Å². The summed E-state index contributed by atoms with van der Waals surface area (Å²) in [4.78, 5) is 12.4. The molecule has 136 valence electrons. The Balaban J connectivity index is 1.76. The van der Waals surface area contributed by atoms with Gasteiger partial charge in [0, 0.05) is 17.3 Å². The zero-order chi connectivity index (χ0) is 18.7. The van der Waals surface area contributed by atoms with Crippen molar-refractivity contribution in [2.24, 2.45) is 5.41 Å². The van der Waals surface area contributed by atoms with Crippen LogP contribution >= 0.6 is 0 Å². The van der Waals surface area contributed by atoms with Gasteiger partial charge >= 0.3 is 0 Å². The largest absolute Gasteiger partial charge is 0.352 e. The average molecular weight is 353 g/mol. The molecule has 0 spiro atoms. The number of amides is 1. The minimum absolute atomic E-state index is 0.0708. The van der Waals surface area contributed by atoms with Crippen molar-refractivity contribution in [2.45, 2.75) is 40.2 Å². The first kappa shape index (κ1) is 18.1. The second-order valence-electron chi connectivity index (χ2n) is 7.24. The Kier molecular flexibility index (Phi) is 5.07. The van der Waals surface area contributed by atoms with Gasteiger partial charge in [-0.1, -0.05) is 33.3 Å². The highest BCUT2D eigenvalue weighted by Gasteiger charge is 2.25. The molecule has 4 nitrogen and oxygen atoms in total. The smallest absolute Gasteiger partial charge is 0.225 e. The van der Waals surface area contributed by atoms with Crippen LogP contribution in [0, 0.1) is 11.2 Å². The molecule has 5 heteroatoms. The lowest BCUT2D eigenvalue weighted by molar-refractivity contribution is -0.129. The number of hydrogen-bond donors (Lipinski definition) is 1. The molecular weight excluding hydrogens is 329 g/mol. The van der Waals surface area contributed by atoms with E-state index in [2.05, 4.69) is 17.3 Å². The number of fused-ring (bicyclic) bond motifs is 1. The van der Waals surface area contributed by atoms with Crippen LogP contribution in [0.2, 0.25) is 0 Å². The van der Waals surface area contributed by atoms with Crippen LogP contribution in [0.3, 0.4) is 0 Å². The molecule has 3 rings (SSSR count). The summed E-state index contributed by atoms with van der Waals surface area (Å²) >= 11 is 0. The Bertz CT molecular complexity index is 913. The van der Waals surface area contributed by atoms with E-state index in [0.717, 1.165) is 35.0 Å². The number of aromatic nitrogens is 2. The summed E-state index contributed by atoms with van der Waals surface area (Å²) in [6.07, 6.45) is 3.63. The molecule has 0 radical (unpaired) electrons. The Morgan fingerprint density at radius 3 is 2.62 bits per heavy atom. The highest BCUT2D eigenvalue weighted by Crippen LogP contribution is 2.23. The Hall–Kier alpha value is -2.69. The number of nitrogens with zero attached hydrogens (tertiary/aromatic N) is 2. The number of benzene rings is 2. The van der Waals surface area contributed by atoms with Gasteiger partial charge in [0.2, 0.25) is 5.91 Å². The van der Waals surface area contributed by atoms with Gasteiger partial charge in [-0.15, -0.1) is 0 Å². The fourth-order valence-corrected chi connectivity index (χ4v) is 3.14. The molecule has 0 aliphatic carbocycles. The Morgan fingerprint density at radius 1 is 1.19 bits per heavy atom. The second kappa shape index (κ2) is 7.28. The maximum Gasteiger partial charge on any atom is 0.225 e. The van der Waals surface area contributed by atoms with Crippen molar-refractivity contribution in [3.8, 4) is 5.69 Å². The first-order chi connectivity index (χ1) is 12.4.